The average molecular weight is 213 g/mol. The molecule has 1 aromatic rings. The Morgan fingerprint density at radius 3 is 2.36 bits per heavy atom. The molecule has 0 saturated heterocycles. The molecule has 14 heavy (non-hydrogen) atoms. The number of hydrogen-bond donors (Lipinski definition) is 1. The molecule has 1 unspecified atom stereocenters. The molecule has 78 valence electrons. The number of carbonyl (C=O) groups is 1. The largest absolute Gasteiger partial charge is 0.480 e. The van der Waals surface area contributed by atoms with Gasteiger partial charge in [-0.2, -0.15) is 0 Å². The highest BCUT2D eigenvalue weighted by molar-refractivity contribution is 7.12. The van der Waals surface area contributed by atoms with Gasteiger partial charge in [0.05, 0.1) is 0 Å². The van der Waals surface area contributed by atoms with Gasteiger partial charge in [-0.25, -0.2) is 0 Å². The van der Waals surface area contributed by atoms with Crippen molar-refractivity contribution < 1.29 is 9.90 Å². The zero-order valence-electron chi connectivity index (χ0n) is 8.87. The second kappa shape index (κ2) is 4.11. The highest BCUT2D eigenvalue weighted by atomic mass is 32.1. The minimum atomic E-state index is -0.795. The van der Waals surface area contributed by atoms with Gasteiger partial charge in [-0.15, -0.1) is 11.3 Å². The van der Waals surface area contributed by atoms with E-state index in [1.807, 2.05) is 19.9 Å². The van der Waals surface area contributed by atoms with E-state index in [1.165, 1.54) is 0 Å². The normalized spacial score (nSPS) is 13.2. The van der Waals surface area contributed by atoms with E-state index in [1.54, 1.807) is 30.3 Å². The Labute approximate surface area is 88.0 Å². The third-order valence-electron chi connectivity index (χ3n) is 2.12. The van der Waals surface area contributed by atoms with Gasteiger partial charge in [0.2, 0.25) is 0 Å². The zero-order valence-corrected chi connectivity index (χ0v) is 9.68. The molecule has 4 heteroatoms. The van der Waals surface area contributed by atoms with Gasteiger partial charge >= 0.3 is 5.97 Å². The van der Waals surface area contributed by atoms with Crippen molar-refractivity contribution in [2.75, 3.05) is 14.1 Å². The molecule has 0 amide bonds. The average Bonchev–Trinajstić information content (AvgIpc) is 2.29. The first-order valence-electron chi connectivity index (χ1n) is 4.39. The molecule has 1 heterocycles. The van der Waals surface area contributed by atoms with Crippen LogP contribution in [-0.2, 0) is 4.79 Å². The molecule has 1 atom stereocenters. The number of nitrogens with zero attached hydrogens (tertiary/aromatic N) is 1. The van der Waals surface area contributed by atoms with Crippen molar-refractivity contribution in [3.63, 3.8) is 0 Å². The molecule has 0 aromatic carbocycles. The van der Waals surface area contributed by atoms with Crippen LogP contribution in [0, 0.1) is 13.8 Å². The van der Waals surface area contributed by atoms with Crippen LogP contribution in [0.2, 0.25) is 0 Å². The monoisotopic (exact) mass is 213 g/mol. The number of hydrogen-bond acceptors (Lipinski definition) is 3. The Hall–Kier alpha value is -0.870. The molecular weight excluding hydrogens is 198 g/mol. The summed E-state index contributed by atoms with van der Waals surface area (Å²) >= 11 is 1.64. The van der Waals surface area contributed by atoms with Crippen LogP contribution >= 0.6 is 11.3 Å². The van der Waals surface area contributed by atoms with Crippen molar-refractivity contribution in [3.05, 3.63) is 21.4 Å². The van der Waals surface area contributed by atoms with Crippen LogP contribution < -0.4 is 0 Å². The molecule has 0 spiro atoms. The van der Waals surface area contributed by atoms with E-state index in [-0.39, 0.29) is 0 Å². The van der Waals surface area contributed by atoms with Crippen molar-refractivity contribution in [3.8, 4) is 0 Å². The van der Waals surface area contributed by atoms with Crippen LogP contribution in [0.4, 0.5) is 0 Å². The van der Waals surface area contributed by atoms with Gasteiger partial charge in [-0.3, -0.25) is 9.69 Å². The standard InChI is InChI=1S/C10H15NO2S/c1-6-5-8(7(2)14-6)9(10(12)13)11(3)4/h5,9H,1-4H3,(H,12,13). The van der Waals surface area contributed by atoms with Gasteiger partial charge in [0, 0.05) is 9.75 Å². The summed E-state index contributed by atoms with van der Waals surface area (Å²) in [6.07, 6.45) is 0. The number of aryl methyl sites for hydroxylation is 2. The molecule has 0 radical (unpaired) electrons. The first-order chi connectivity index (χ1) is 6.43. The molecule has 0 saturated carbocycles. The van der Waals surface area contributed by atoms with Gasteiger partial charge in [-0.05, 0) is 39.6 Å². The molecule has 0 aliphatic heterocycles. The number of carboxylic acids is 1. The maximum atomic E-state index is 11.1. The summed E-state index contributed by atoms with van der Waals surface area (Å²) in [6.45, 7) is 3.96. The zero-order chi connectivity index (χ0) is 10.9. The second-order valence-corrected chi connectivity index (χ2v) is 5.03. The van der Waals surface area contributed by atoms with Crippen molar-refractivity contribution >= 4 is 17.3 Å². The minimum absolute atomic E-state index is 0.528. The number of thiophene rings is 1. The summed E-state index contributed by atoms with van der Waals surface area (Å²) in [5.74, 6) is -0.795. The number of aliphatic carboxylic acids is 1. The maximum Gasteiger partial charge on any atom is 0.325 e. The van der Waals surface area contributed by atoms with Crippen LogP contribution in [0.15, 0.2) is 6.07 Å². The smallest absolute Gasteiger partial charge is 0.325 e. The molecule has 0 aliphatic rings. The van der Waals surface area contributed by atoms with Gasteiger partial charge < -0.3 is 5.11 Å². The Morgan fingerprint density at radius 1 is 1.50 bits per heavy atom. The first-order valence-corrected chi connectivity index (χ1v) is 5.21. The summed E-state index contributed by atoms with van der Waals surface area (Å²) in [4.78, 5) is 15.0. The van der Waals surface area contributed by atoms with Crippen molar-refractivity contribution in [2.45, 2.75) is 19.9 Å². The predicted molar refractivity (Wildman–Crippen MR) is 57.9 cm³/mol. The molecule has 0 fully saturated rings. The summed E-state index contributed by atoms with van der Waals surface area (Å²) < 4.78 is 0. The van der Waals surface area contributed by atoms with E-state index >= 15 is 0 Å². The lowest BCUT2D eigenvalue weighted by Crippen LogP contribution is -2.27. The molecule has 0 aliphatic carbocycles. The van der Waals surface area contributed by atoms with Crippen LogP contribution in [-0.4, -0.2) is 30.1 Å². The summed E-state index contributed by atoms with van der Waals surface area (Å²) in [5, 5.41) is 9.09. The SMILES string of the molecule is Cc1cc(C(C(=O)O)N(C)C)c(C)s1. The quantitative estimate of drug-likeness (QED) is 0.835. The van der Waals surface area contributed by atoms with Gasteiger partial charge in [-0.1, -0.05) is 0 Å². The number of carboxylic acid groups (broad SMARTS) is 1. The van der Waals surface area contributed by atoms with Crippen molar-refractivity contribution in [2.24, 2.45) is 0 Å². The van der Waals surface area contributed by atoms with Crippen LogP contribution in [0.1, 0.15) is 21.4 Å². The molecule has 1 rings (SSSR count). The molecule has 1 N–H and O–H groups in total. The second-order valence-electron chi connectivity index (χ2n) is 3.57. The molecule has 3 nitrogen and oxygen atoms in total. The van der Waals surface area contributed by atoms with E-state index in [2.05, 4.69) is 0 Å². The summed E-state index contributed by atoms with van der Waals surface area (Å²) in [5.41, 5.74) is 0.907. The van der Waals surface area contributed by atoms with Gasteiger partial charge in [0.1, 0.15) is 6.04 Å². The third kappa shape index (κ3) is 2.13. The Kier molecular flexibility index (Phi) is 3.29. The van der Waals surface area contributed by atoms with E-state index in [9.17, 15) is 4.79 Å². The van der Waals surface area contributed by atoms with Crippen LogP contribution in [0.5, 0.6) is 0 Å². The topological polar surface area (TPSA) is 40.5 Å². The number of likely N-dealkylation sites (N-methyl/N-ethyl adjacent to an activating group) is 1. The predicted octanol–water partition coefficient (Wildman–Crippen LogP) is 2.05. The third-order valence-corrected chi connectivity index (χ3v) is 3.11. The Morgan fingerprint density at radius 2 is 2.07 bits per heavy atom. The van der Waals surface area contributed by atoms with Crippen molar-refractivity contribution in [1.29, 1.82) is 0 Å². The summed E-state index contributed by atoms with van der Waals surface area (Å²) in [6, 6.07) is 1.43. The lowest BCUT2D eigenvalue weighted by molar-refractivity contribution is -0.142. The fourth-order valence-electron chi connectivity index (χ4n) is 1.55. The van der Waals surface area contributed by atoms with E-state index in [4.69, 9.17) is 5.11 Å². The Balaban J connectivity index is 3.11. The molecular formula is C10H15NO2S. The molecule has 1 aromatic heterocycles. The van der Waals surface area contributed by atoms with Gasteiger partial charge in [0.25, 0.3) is 0 Å². The lowest BCUT2D eigenvalue weighted by atomic mass is 10.1. The van der Waals surface area contributed by atoms with Crippen LogP contribution in [0.3, 0.4) is 0 Å². The Bertz CT molecular complexity index is 344. The minimum Gasteiger partial charge on any atom is -0.480 e. The molecule has 0 bridgehead atoms. The van der Waals surface area contributed by atoms with E-state index in [0.717, 1.165) is 15.3 Å². The fourth-order valence-corrected chi connectivity index (χ4v) is 2.51. The first kappa shape index (κ1) is 11.2. The van der Waals surface area contributed by atoms with E-state index < -0.39 is 12.0 Å². The highest BCUT2D eigenvalue weighted by Gasteiger charge is 2.24. The number of rotatable bonds is 3. The van der Waals surface area contributed by atoms with Crippen molar-refractivity contribution in [1.82, 2.24) is 4.90 Å². The highest BCUT2D eigenvalue weighted by Crippen LogP contribution is 2.28. The maximum absolute atomic E-state index is 11.1. The fraction of sp³-hybridized carbons (Fsp3) is 0.500. The van der Waals surface area contributed by atoms with Crippen LogP contribution in [0.25, 0.3) is 0 Å². The van der Waals surface area contributed by atoms with Gasteiger partial charge in [0.15, 0.2) is 0 Å². The van der Waals surface area contributed by atoms with E-state index in [0.29, 0.717) is 0 Å². The lowest BCUT2D eigenvalue weighted by Gasteiger charge is -2.19. The summed E-state index contributed by atoms with van der Waals surface area (Å²) in [7, 11) is 3.57.